The molecule has 2 N–H and O–H groups in total. The molecule has 0 spiro atoms. The van der Waals surface area contributed by atoms with Gasteiger partial charge in [0.15, 0.2) is 5.84 Å². The van der Waals surface area contributed by atoms with Crippen molar-refractivity contribution in [2.24, 2.45) is 4.40 Å². The maximum absolute atomic E-state index is 12.4. The van der Waals surface area contributed by atoms with E-state index < -0.39 is 10.0 Å². The molecule has 0 radical (unpaired) electrons. The van der Waals surface area contributed by atoms with Gasteiger partial charge in [0.25, 0.3) is 15.9 Å². The second-order valence-electron chi connectivity index (χ2n) is 5.66. The predicted octanol–water partition coefficient (Wildman–Crippen LogP) is -1.07. The van der Waals surface area contributed by atoms with E-state index in [1.54, 1.807) is 23.3 Å². The van der Waals surface area contributed by atoms with Crippen LogP contribution in [0.25, 0.3) is 0 Å². The summed E-state index contributed by atoms with van der Waals surface area (Å²) in [4.78, 5) is 16.3. The molecule has 10 heteroatoms. The van der Waals surface area contributed by atoms with Gasteiger partial charge in [0.1, 0.15) is 0 Å². The van der Waals surface area contributed by atoms with Gasteiger partial charge < -0.3 is 15.5 Å². The maximum atomic E-state index is 12.4. The Balaban J connectivity index is 0.00000208. The Hall–Kier alpha value is -1.42. The van der Waals surface area contributed by atoms with E-state index in [4.69, 9.17) is 0 Å². The topological polar surface area (TPSA) is 94.1 Å². The Morgan fingerprint density at radius 1 is 1.29 bits per heavy atom. The molecule has 0 saturated carbocycles. The van der Waals surface area contributed by atoms with E-state index in [1.165, 1.54) is 0 Å². The van der Waals surface area contributed by atoms with Crippen molar-refractivity contribution < 1.29 is 13.2 Å². The number of carbonyl (C=O) groups is 1. The smallest absolute Gasteiger partial charge is 0.256 e. The van der Waals surface area contributed by atoms with E-state index >= 15 is 0 Å². The van der Waals surface area contributed by atoms with Crippen molar-refractivity contribution in [3.63, 3.8) is 0 Å². The number of carbonyl (C=O) groups excluding carboxylic acids is 1. The third-order valence-corrected chi connectivity index (χ3v) is 5.17. The molecular weight excluding hydrogens is 354 g/mol. The van der Waals surface area contributed by atoms with Crippen LogP contribution in [-0.4, -0.2) is 81.5 Å². The van der Waals surface area contributed by atoms with Crippen molar-refractivity contribution in [3.8, 4) is 0 Å². The molecule has 3 rings (SSSR count). The molecule has 1 saturated heterocycles. The van der Waals surface area contributed by atoms with Crippen LogP contribution in [0.3, 0.4) is 0 Å². The summed E-state index contributed by atoms with van der Waals surface area (Å²) in [5.41, 5.74) is 0.302. The maximum Gasteiger partial charge on any atom is 0.256 e. The highest BCUT2D eigenvalue weighted by Crippen LogP contribution is 2.17. The Bertz CT molecular complexity index is 668. The van der Waals surface area contributed by atoms with E-state index in [1.807, 2.05) is 0 Å². The van der Waals surface area contributed by atoms with E-state index in [9.17, 15) is 13.2 Å². The first-order valence-electron chi connectivity index (χ1n) is 7.75. The predicted molar refractivity (Wildman–Crippen MR) is 94.7 cm³/mol. The lowest BCUT2D eigenvalue weighted by molar-refractivity contribution is -0.117. The first-order chi connectivity index (χ1) is 11.1. The summed E-state index contributed by atoms with van der Waals surface area (Å²) in [5, 5.41) is 6.14. The summed E-state index contributed by atoms with van der Waals surface area (Å²) in [6.45, 7) is 5.51. The number of piperazine rings is 1. The zero-order valence-corrected chi connectivity index (χ0v) is 14.9. The van der Waals surface area contributed by atoms with Crippen LogP contribution in [-0.2, 0) is 14.8 Å². The van der Waals surface area contributed by atoms with Crippen LogP contribution in [0.1, 0.15) is 0 Å². The van der Waals surface area contributed by atoms with Crippen LogP contribution >= 0.6 is 12.4 Å². The minimum Gasteiger partial charge on any atom is -0.351 e. The molecule has 0 aromatic heterocycles. The lowest BCUT2D eigenvalue weighted by atomic mass is 10.1. The molecular formula is C14H22ClN5O3S. The molecule has 0 aromatic rings. The molecule has 0 aliphatic carbocycles. The number of allylic oxidation sites excluding steroid dienone is 2. The molecule has 3 aliphatic heterocycles. The summed E-state index contributed by atoms with van der Waals surface area (Å²) >= 11 is 0. The van der Waals surface area contributed by atoms with Gasteiger partial charge >= 0.3 is 0 Å². The summed E-state index contributed by atoms with van der Waals surface area (Å²) < 4.78 is 27.1. The van der Waals surface area contributed by atoms with Crippen molar-refractivity contribution >= 4 is 34.2 Å². The molecule has 3 aliphatic rings. The number of amides is 1. The van der Waals surface area contributed by atoms with Gasteiger partial charge in [0.2, 0.25) is 0 Å². The molecule has 134 valence electrons. The molecule has 0 atom stereocenters. The molecule has 1 amide bonds. The van der Waals surface area contributed by atoms with Gasteiger partial charge in [0, 0.05) is 52.0 Å². The number of halogens is 1. The van der Waals surface area contributed by atoms with E-state index in [0.717, 1.165) is 32.7 Å². The largest absolute Gasteiger partial charge is 0.351 e. The van der Waals surface area contributed by atoms with Crippen molar-refractivity contribution in [2.75, 3.05) is 51.6 Å². The lowest BCUT2D eigenvalue weighted by Crippen LogP contribution is -2.47. The molecule has 0 unspecified atom stereocenters. The molecule has 0 aromatic carbocycles. The van der Waals surface area contributed by atoms with Gasteiger partial charge in [-0.15, -0.1) is 16.8 Å². The zero-order valence-electron chi connectivity index (χ0n) is 13.3. The number of fused-ring (bicyclic) bond motifs is 1. The molecule has 24 heavy (non-hydrogen) atoms. The fraction of sp³-hybridized carbons (Fsp3) is 0.571. The van der Waals surface area contributed by atoms with Gasteiger partial charge in [-0.2, -0.15) is 0 Å². The first kappa shape index (κ1) is 18.9. The van der Waals surface area contributed by atoms with E-state index in [2.05, 4.69) is 19.9 Å². The Labute approximate surface area is 148 Å². The van der Waals surface area contributed by atoms with Gasteiger partial charge in [-0.05, 0) is 12.2 Å². The summed E-state index contributed by atoms with van der Waals surface area (Å²) in [6.07, 6.45) is 5.09. The highest BCUT2D eigenvalue weighted by atomic mass is 35.5. The highest BCUT2D eigenvalue weighted by molar-refractivity contribution is 7.90. The molecule has 1 fully saturated rings. The molecule has 8 nitrogen and oxygen atoms in total. The minimum absolute atomic E-state index is 0. The number of nitrogens with zero attached hydrogens (tertiary/aromatic N) is 3. The fourth-order valence-electron chi connectivity index (χ4n) is 2.75. The van der Waals surface area contributed by atoms with Crippen molar-refractivity contribution in [2.45, 2.75) is 0 Å². The lowest BCUT2D eigenvalue weighted by Gasteiger charge is -2.29. The number of amidine groups is 1. The van der Waals surface area contributed by atoms with Crippen LogP contribution < -0.4 is 10.6 Å². The van der Waals surface area contributed by atoms with E-state index in [-0.39, 0.29) is 29.9 Å². The number of hydrogen-bond donors (Lipinski definition) is 2. The quantitative estimate of drug-likeness (QED) is 0.649. The highest BCUT2D eigenvalue weighted by Gasteiger charge is 2.29. The van der Waals surface area contributed by atoms with Gasteiger partial charge in [-0.25, -0.2) is 8.42 Å². The average molecular weight is 376 g/mol. The van der Waals surface area contributed by atoms with Crippen molar-refractivity contribution in [1.29, 1.82) is 0 Å². The summed E-state index contributed by atoms with van der Waals surface area (Å²) in [6, 6.07) is 0. The third kappa shape index (κ3) is 4.56. The SMILES string of the molecule is Cl.O=C(NCCN1CCNCC1)C1=CC=CN2CCS(=O)(=O)N=C12. The van der Waals surface area contributed by atoms with Crippen LogP contribution in [0.5, 0.6) is 0 Å². The third-order valence-electron chi connectivity index (χ3n) is 4.03. The zero-order chi connectivity index (χ0) is 16.3. The Morgan fingerprint density at radius 2 is 2.04 bits per heavy atom. The van der Waals surface area contributed by atoms with Gasteiger partial charge in [-0.1, -0.05) is 0 Å². The Morgan fingerprint density at radius 3 is 2.79 bits per heavy atom. The monoisotopic (exact) mass is 375 g/mol. The van der Waals surface area contributed by atoms with Crippen LogP contribution in [0.4, 0.5) is 0 Å². The van der Waals surface area contributed by atoms with E-state index in [0.29, 0.717) is 18.7 Å². The second kappa shape index (κ2) is 8.11. The van der Waals surface area contributed by atoms with Crippen molar-refractivity contribution in [1.82, 2.24) is 20.4 Å². The Kier molecular flexibility index (Phi) is 6.39. The van der Waals surface area contributed by atoms with Crippen LogP contribution in [0, 0.1) is 0 Å². The standard InChI is InChI=1S/C14H21N5O3S.ClH/c20-14(16-5-9-18-7-3-15-4-8-18)12-2-1-6-19-10-11-23(21,22)17-13(12)19;/h1-2,6,15H,3-5,7-11H2,(H,16,20);1H. The summed E-state index contributed by atoms with van der Waals surface area (Å²) in [7, 11) is -3.48. The number of rotatable bonds is 4. The second-order valence-corrected chi connectivity index (χ2v) is 7.42. The number of nitrogens with one attached hydrogen (secondary N) is 2. The van der Waals surface area contributed by atoms with Gasteiger partial charge in [0.05, 0.1) is 11.3 Å². The van der Waals surface area contributed by atoms with Gasteiger partial charge in [-0.3, -0.25) is 9.69 Å². The minimum atomic E-state index is -3.48. The van der Waals surface area contributed by atoms with Crippen LogP contribution in [0.15, 0.2) is 28.3 Å². The van der Waals surface area contributed by atoms with Crippen LogP contribution in [0.2, 0.25) is 0 Å². The molecule has 3 heterocycles. The number of sulfonamides is 1. The normalized spacial score (nSPS) is 22.8. The van der Waals surface area contributed by atoms with Crippen molar-refractivity contribution in [3.05, 3.63) is 23.9 Å². The number of hydrogen-bond acceptors (Lipinski definition) is 6. The fourth-order valence-corrected chi connectivity index (χ4v) is 3.74. The average Bonchev–Trinajstić information content (AvgIpc) is 2.54. The first-order valence-corrected chi connectivity index (χ1v) is 9.35. The molecule has 0 bridgehead atoms. The summed E-state index contributed by atoms with van der Waals surface area (Å²) in [5.74, 6) is -0.0950.